The molecule has 3 aliphatic rings. The summed E-state index contributed by atoms with van der Waals surface area (Å²) < 4.78 is 24.8. The average Bonchev–Trinajstić information content (AvgIpc) is 3.62. The number of azo groups is 1. The number of amides is 2. The Bertz CT molecular complexity index is 1710. The van der Waals surface area contributed by atoms with Crippen LogP contribution in [0.5, 0.6) is 0 Å². The summed E-state index contributed by atoms with van der Waals surface area (Å²) in [6.07, 6.45) is 8.75. The number of hydrogen-bond acceptors (Lipinski definition) is 9. The summed E-state index contributed by atoms with van der Waals surface area (Å²) in [6, 6.07) is 8.63. The minimum absolute atomic E-state index is 0.00955. The van der Waals surface area contributed by atoms with E-state index < -0.39 is 15.5 Å². The fourth-order valence-electron chi connectivity index (χ4n) is 6.76. The Morgan fingerprint density at radius 2 is 1.74 bits per heavy atom. The number of carbonyl (C=O) groups excluding carboxylic acids is 2. The molecular weight excluding hydrogens is 614 g/mol. The van der Waals surface area contributed by atoms with E-state index in [2.05, 4.69) is 67.1 Å². The highest BCUT2D eigenvalue weighted by molar-refractivity contribution is 7.90. The van der Waals surface area contributed by atoms with Gasteiger partial charge in [0.25, 0.3) is 11.8 Å². The molecule has 47 heavy (non-hydrogen) atoms. The monoisotopic (exact) mass is 661 g/mol. The maximum atomic E-state index is 14.7. The number of aliphatic imine (C=N–C) groups is 2. The number of sulfone groups is 1. The van der Waals surface area contributed by atoms with Crippen LogP contribution in [0.25, 0.3) is 0 Å². The van der Waals surface area contributed by atoms with E-state index in [0.717, 1.165) is 31.1 Å². The van der Waals surface area contributed by atoms with E-state index in [9.17, 15) is 18.0 Å². The highest BCUT2D eigenvalue weighted by atomic mass is 32.2. The van der Waals surface area contributed by atoms with Gasteiger partial charge in [-0.15, -0.1) is 5.11 Å². The molecule has 0 saturated heterocycles. The maximum absolute atomic E-state index is 14.7. The molecule has 2 aliphatic heterocycles. The van der Waals surface area contributed by atoms with E-state index in [1.165, 1.54) is 18.5 Å². The molecule has 1 N–H and O–H groups in total. The van der Waals surface area contributed by atoms with Crippen LogP contribution < -0.4 is 5.32 Å². The molecule has 11 nitrogen and oxygen atoms in total. The van der Waals surface area contributed by atoms with Crippen molar-refractivity contribution in [1.82, 2.24) is 15.2 Å². The van der Waals surface area contributed by atoms with Crippen LogP contribution in [0.3, 0.4) is 0 Å². The van der Waals surface area contributed by atoms with Crippen molar-refractivity contribution in [1.29, 1.82) is 0 Å². The van der Waals surface area contributed by atoms with Crippen molar-refractivity contribution in [3.8, 4) is 0 Å². The number of hydrogen-bond donors (Lipinski definition) is 1. The first kappa shape index (κ1) is 34.5. The first-order valence-corrected chi connectivity index (χ1v) is 18.2. The first-order chi connectivity index (χ1) is 22.0. The van der Waals surface area contributed by atoms with E-state index in [4.69, 9.17) is 4.99 Å². The van der Waals surface area contributed by atoms with Crippen molar-refractivity contribution in [2.24, 2.45) is 37.0 Å². The fourth-order valence-corrected chi connectivity index (χ4v) is 7.36. The van der Waals surface area contributed by atoms with Gasteiger partial charge in [-0.2, -0.15) is 5.11 Å². The molecule has 3 heterocycles. The highest BCUT2D eigenvalue weighted by Gasteiger charge is 2.53. The van der Waals surface area contributed by atoms with Gasteiger partial charge in [0.05, 0.1) is 17.5 Å². The largest absolute Gasteiger partial charge is 0.345 e. The molecule has 5 rings (SSSR count). The molecule has 0 radical (unpaired) electrons. The summed E-state index contributed by atoms with van der Waals surface area (Å²) >= 11 is 0. The summed E-state index contributed by atoms with van der Waals surface area (Å²) in [5.74, 6) is 0.510. The standard InChI is InChI=1S/C35H47N7O4S/c1-33(2,3)15-14-28(23-8-10-24(11-9-23)31(43)37-21-29-38-22-39-41-29)42-32(44)30(25-18-27(20-36-19-25)47(7,45)46)40-35(42)16-12-26(13-17-35)34(4,5)6/h8-11,18-20,26,28H,12-17,21-22H2,1-7H3,(H,37,43)/t26?,28-,35?/m1/s1. The minimum atomic E-state index is -3.54. The molecule has 252 valence electrons. The van der Waals surface area contributed by atoms with Crippen LogP contribution >= 0.6 is 0 Å². The molecule has 0 bridgehead atoms. The van der Waals surface area contributed by atoms with E-state index >= 15 is 0 Å². The summed E-state index contributed by atoms with van der Waals surface area (Å²) in [5, 5.41) is 10.6. The third kappa shape index (κ3) is 7.85. The number of pyridine rings is 1. The quantitative estimate of drug-likeness (QED) is 0.342. The first-order valence-electron chi connectivity index (χ1n) is 16.3. The van der Waals surface area contributed by atoms with E-state index in [0.29, 0.717) is 42.1 Å². The van der Waals surface area contributed by atoms with Crippen molar-refractivity contribution in [3.63, 3.8) is 0 Å². The lowest BCUT2D eigenvalue weighted by atomic mass is 9.69. The van der Waals surface area contributed by atoms with Gasteiger partial charge < -0.3 is 10.2 Å². The van der Waals surface area contributed by atoms with Crippen molar-refractivity contribution < 1.29 is 18.0 Å². The molecule has 1 fully saturated rings. The SMILES string of the molecule is CC(C)(C)CC[C@H](c1ccc(C(=O)NCC2=NCN=N2)cc1)N1C(=O)C(c2cncc(S(C)(=O)=O)c2)=NC12CCC(C(C)(C)C)CC2. The number of benzene rings is 1. The molecule has 12 heteroatoms. The van der Waals surface area contributed by atoms with Gasteiger partial charge in [-0.1, -0.05) is 53.7 Å². The molecule has 2 amide bonds. The third-order valence-corrected chi connectivity index (χ3v) is 10.6. The van der Waals surface area contributed by atoms with Gasteiger partial charge in [0.15, 0.2) is 22.3 Å². The molecule has 0 unspecified atom stereocenters. The zero-order valence-electron chi connectivity index (χ0n) is 28.6. The Kier molecular flexibility index (Phi) is 9.56. The Balaban J connectivity index is 1.52. The molecule has 1 spiro atoms. The van der Waals surface area contributed by atoms with E-state index in [1.807, 2.05) is 17.0 Å². The molecule has 2 aromatic rings. The summed E-state index contributed by atoms with van der Waals surface area (Å²) in [7, 11) is -3.54. The highest BCUT2D eigenvalue weighted by Crippen LogP contribution is 2.50. The predicted octanol–water partition coefficient (Wildman–Crippen LogP) is 6.17. The second-order valence-electron chi connectivity index (χ2n) is 15.3. The maximum Gasteiger partial charge on any atom is 0.275 e. The summed E-state index contributed by atoms with van der Waals surface area (Å²) in [5.41, 5.74) is 1.44. The van der Waals surface area contributed by atoms with Crippen LogP contribution in [-0.4, -0.2) is 66.8 Å². The Morgan fingerprint density at radius 3 is 2.32 bits per heavy atom. The van der Waals surface area contributed by atoms with Crippen LogP contribution in [0.2, 0.25) is 0 Å². The third-order valence-electron chi connectivity index (χ3n) is 9.56. The Hall–Kier alpha value is -3.80. The Morgan fingerprint density at radius 1 is 1.06 bits per heavy atom. The second kappa shape index (κ2) is 13.0. The topological polar surface area (TPSA) is 146 Å². The molecule has 1 atom stereocenters. The number of carbonyl (C=O) groups is 2. The molecule has 1 aliphatic carbocycles. The van der Waals surface area contributed by atoms with Gasteiger partial charge in [-0.3, -0.25) is 19.6 Å². The Labute approximate surface area is 278 Å². The lowest BCUT2D eigenvalue weighted by Gasteiger charge is -2.47. The van der Waals surface area contributed by atoms with Gasteiger partial charge in [0, 0.05) is 29.8 Å². The normalized spacial score (nSPS) is 22.4. The fraction of sp³-hybridized carbons (Fsp3) is 0.571. The van der Waals surface area contributed by atoms with Crippen LogP contribution in [-0.2, 0) is 14.6 Å². The van der Waals surface area contributed by atoms with Crippen molar-refractivity contribution in [2.75, 3.05) is 19.5 Å². The molecule has 1 saturated carbocycles. The zero-order chi connectivity index (χ0) is 34.2. The van der Waals surface area contributed by atoms with Gasteiger partial charge in [0.1, 0.15) is 11.4 Å². The minimum Gasteiger partial charge on any atom is -0.345 e. The smallest absolute Gasteiger partial charge is 0.275 e. The number of nitrogens with one attached hydrogen (secondary N) is 1. The number of rotatable bonds is 9. The average molecular weight is 662 g/mol. The van der Waals surface area contributed by atoms with Crippen molar-refractivity contribution >= 4 is 33.2 Å². The van der Waals surface area contributed by atoms with E-state index in [-0.39, 0.29) is 52.5 Å². The molecule has 1 aromatic carbocycles. The molecular formula is C35H47N7O4S. The second-order valence-corrected chi connectivity index (χ2v) is 17.3. The number of amidine groups is 1. The van der Waals surface area contributed by atoms with Crippen LogP contribution in [0.4, 0.5) is 0 Å². The van der Waals surface area contributed by atoms with Crippen molar-refractivity contribution in [2.45, 2.75) is 96.7 Å². The summed E-state index contributed by atoms with van der Waals surface area (Å²) in [6.45, 7) is 13.8. The van der Waals surface area contributed by atoms with Crippen LogP contribution in [0.15, 0.2) is 67.8 Å². The van der Waals surface area contributed by atoms with Gasteiger partial charge in [0.2, 0.25) is 0 Å². The van der Waals surface area contributed by atoms with Gasteiger partial charge in [-0.25, -0.2) is 13.4 Å². The van der Waals surface area contributed by atoms with Gasteiger partial charge in [-0.05, 0) is 79.0 Å². The lowest BCUT2D eigenvalue weighted by Crippen LogP contribution is -2.51. The van der Waals surface area contributed by atoms with Crippen molar-refractivity contribution in [3.05, 3.63) is 59.4 Å². The number of aromatic nitrogens is 1. The van der Waals surface area contributed by atoms with E-state index in [1.54, 1.807) is 12.1 Å². The van der Waals surface area contributed by atoms with Crippen LogP contribution in [0.1, 0.15) is 108 Å². The van der Waals surface area contributed by atoms with Gasteiger partial charge >= 0.3 is 0 Å². The predicted molar refractivity (Wildman–Crippen MR) is 182 cm³/mol. The summed E-state index contributed by atoms with van der Waals surface area (Å²) in [4.78, 5) is 43.1. The van der Waals surface area contributed by atoms with Crippen LogP contribution in [0, 0.1) is 16.7 Å². The lowest BCUT2D eigenvalue weighted by molar-refractivity contribution is -0.134. The molecule has 1 aromatic heterocycles. The zero-order valence-corrected chi connectivity index (χ0v) is 29.4. The number of nitrogens with zero attached hydrogens (tertiary/aromatic N) is 6.